The summed E-state index contributed by atoms with van der Waals surface area (Å²) in [6.45, 7) is 12.8. The lowest BCUT2D eigenvalue weighted by Crippen LogP contribution is -2.58. The van der Waals surface area contributed by atoms with Crippen LogP contribution in [0.4, 0.5) is 0 Å². The average Bonchev–Trinajstić information content (AvgIpc) is 2.17. The second-order valence-electron chi connectivity index (χ2n) is 5.55. The van der Waals surface area contributed by atoms with Crippen molar-refractivity contribution >= 4 is 5.97 Å². The Balaban J connectivity index is 2.46. The maximum absolute atomic E-state index is 11.1. The summed E-state index contributed by atoms with van der Waals surface area (Å²) < 4.78 is 0. The zero-order valence-electron chi connectivity index (χ0n) is 10.9. The molecule has 94 valence electrons. The number of hydrogen-bond donors (Lipinski definition) is 1. The summed E-state index contributed by atoms with van der Waals surface area (Å²) in [7, 11) is 0. The van der Waals surface area contributed by atoms with Crippen LogP contribution in [0.15, 0.2) is 0 Å². The Morgan fingerprint density at radius 2 is 1.75 bits per heavy atom. The molecule has 1 saturated heterocycles. The van der Waals surface area contributed by atoms with Gasteiger partial charge in [-0.25, -0.2) is 0 Å². The highest BCUT2D eigenvalue weighted by Gasteiger charge is 2.36. The Morgan fingerprint density at radius 1 is 1.25 bits per heavy atom. The van der Waals surface area contributed by atoms with E-state index in [1.807, 2.05) is 0 Å². The standard InChI is InChI=1S/C12H24N2O2/c1-10(2)9-13-5-7-14(8-6-13)12(3,4)11(15)16/h10H,5-9H2,1-4H3,(H,15,16). The molecule has 1 N–H and O–H groups in total. The van der Waals surface area contributed by atoms with Crippen molar-refractivity contribution in [3.8, 4) is 0 Å². The quantitative estimate of drug-likeness (QED) is 0.783. The molecule has 0 unspecified atom stereocenters. The summed E-state index contributed by atoms with van der Waals surface area (Å²) in [4.78, 5) is 15.6. The Labute approximate surface area is 98.2 Å². The van der Waals surface area contributed by atoms with E-state index >= 15 is 0 Å². The van der Waals surface area contributed by atoms with Crippen LogP contribution in [0.5, 0.6) is 0 Å². The van der Waals surface area contributed by atoms with Gasteiger partial charge in [-0.3, -0.25) is 9.69 Å². The zero-order valence-corrected chi connectivity index (χ0v) is 10.9. The molecule has 1 aliphatic heterocycles. The zero-order chi connectivity index (χ0) is 12.3. The topological polar surface area (TPSA) is 43.8 Å². The van der Waals surface area contributed by atoms with Crippen molar-refractivity contribution in [2.75, 3.05) is 32.7 Å². The third-order valence-corrected chi connectivity index (χ3v) is 3.31. The van der Waals surface area contributed by atoms with Crippen molar-refractivity contribution in [1.82, 2.24) is 9.80 Å². The lowest BCUT2D eigenvalue weighted by atomic mass is 10.0. The van der Waals surface area contributed by atoms with Gasteiger partial charge < -0.3 is 10.0 Å². The molecule has 0 atom stereocenters. The van der Waals surface area contributed by atoms with Crippen molar-refractivity contribution in [2.24, 2.45) is 5.92 Å². The summed E-state index contributed by atoms with van der Waals surface area (Å²) >= 11 is 0. The van der Waals surface area contributed by atoms with Crippen molar-refractivity contribution in [3.05, 3.63) is 0 Å². The molecule has 0 radical (unpaired) electrons. The highest BCUT2D eigenvalue weighted by molar-refractivity contribution is 5.77. The molecule has 0 aromatic heterocycles. The molecule has 4 nitrogen and oxygen atoms in total. The predicted octanol–water partition coefficient (Wildman–Crippen LogP) is 1.12. The monoisotopic (exact) mass is 228 g/mol. The molecule has 16 heavy (non-hydrogen) atoms. The minimum Gasteiger partial charge on any atom is -0.480 e. The van der Waals surface area contributed by atoms with E-state index in [1.165, 1.54) is 0 Å². The van der Waals surface area contributed by atoms with Gasteiger partial charge in [0.1, 0.15) is 5.54 Å². The number of carboxylic acids is 1. The smallest absolute Gasteiger partial charge is 0.323 e. The molecular formula is C12H24N2O2. The predicted molar refractivity (Wildman–Crippen MR) is 64.6 cm³/mol. The lowest BCUT2D eigenvalue weighted by Gasteiger charge is -2.42. The van der Waals surface area contributed by atoms with Crippen molar-refractivity contribution < 1.29 is 9.90 Å². The van der Waals surface area contributed by atoms with Crippen LogP contribution in [0.25, 0.3) is 0 Å². The normalized spacial score (nSPS) is 20.3. The summed E-state index contributed by atoms with van der Waals surface area (Å²) in [5.41, 5.74) is -0.732. The van der Waals surface area contributed by atoms with Crippen LogP contribution in [0.2, 0.25) is 0 Å². The van der Waals surface area contributed by atoms with E-state index in [4.69, 9.17) is 5.11 Å². The largest absolute Gasteiger partial charge is 0.480 e. The van der Waals surface area contributed by atoms with Crippen LogP contribution in [-0.2, 0) is 4.79 Å². The highest BCUT2D eigenvalue weighted by atomic mass is 16.4. The number of nitrogens with zero attached hydrogens (tertiary/aromatic N) is 2. The second-order valence-corrected chi connectivity index (χ2v) is 5.55. The van der Waals surface area contributed by atoms with Crippen LogP contribution >= 0.6 is 0 Å². The molecule has 1 aliphatic rings. The van der Waals surface area contributed by atoms with Gasteiger partial charge >= 0.3 is 5.97 Å². The van der Waals surface area contributed by atoms with Crippen LogP contribution in [-0.4, -0.2) is 59.1 Å². The van der Waals surface area contributed by atoms with Gasteiger partial charge in [-0.1, -0.05) is 13.8 Å². The van der Waals surface area contributed by atoms with E-state index in [1.54, 1.807) is 13.8 Å². The van der Waals surface area contributed by atoms with Crippen molar-refractivity contribution in [3.63, 3.8) is 0 Å². The van der Waals surface area contributed by atoms with Crippen LogP contribution < -0.4 is 0 Å². The van der Waals surface area contributed by atoms with E-state index in [-0.39, 0.29) is 0 Å². The number of piperazine rings is 1. The minimum absolute atomic E-state index is 0.680. The van der Waals surface area contributed by atoms with Crippen LogP contribution in [0, 0.1) is 5.92 Å². The molecule has 0 saturated carbocycles. The molecule has 1 rings (SSSR count). The Morgan fingerprint density at radius 3 is 2.12 bits per heavy atom. The van der Waals surface area contributed by atoms with Gasteiger partial charge in [-0.15, -0.1) is 0 Å². The Bertz CT molecular complexity index is 243. The summed E-state index contributed by atoms with van der Waals surface area (Å²) in [6, 6.07) is 0. The molecule has 0 aromatic carbocycles. The van der Waals surface area contributed by atoms with Crippen LogP contribution in [0.3, 0.4) is 0 Å². The Kier molecular flexibility index (Phi) is 4.33. The summed E-state index contributed by atoms with van der Waals surface area (Å²) in [5.74, 6) is -0.0520. The fourth-order valence-corrected chi connectivity index (χ4v) is 2.14. The lowest BCUT2D eigenvalue weighted by molar-refractivity contribution is -0.150. The fourth-order valence-electron chi connectivity index (χ4n) is 2.14. The Hall–Kier alpha value is -0.610. The van der Waals surface area contributed by atoms with E-state index in [2.05, 4.69) is 23.6 Å². The van der Waals surface area contributed by atoms with E-state index in [0.717, 1.165) is 32.7 Å². The third kappa shape index (κ3) is 3.19. The SMILES string of the molecule is CC(C)CN1CCN(C(C)(C)C(=O)O)CC1. The van der Waals surface area contributed by atoms with Crippen molar-refractivity contribution in [2.45, 2.75) is 33.2 Å². The summed E-state index contributed by atoms with van der Waals surface area (Å²) in [5, 5.41) is 9.15. The molecule has 0 amide bonds. The molecule has 0 bridgehead atoms. The first-order valence-electron chi connectivity index (χ1n) is 6.05. The number of carboxylic acid groups (broad SMARTS) is 1. The highest BCUT2D eigenvalue weighted by Crippen LogP contribution is 2.17. The molecule has 1 heterocycles. The molecule has 0 spiro atoms. The first-order chi connectivity index (χ1) is 7.34. The average molecular weight is 228 g/mol. The molecule has 1 fully saturated rings. The van der Waals surface area contributed by atoms with Gasteiger partial charge in [0.2, 0.25) is 0 Å². The van der Waals surface area contributed by atoms with Crippen LogP contribution in [0.1, 0.15) is 27.7 Å². The fraction of sp³-hybridized carbons (Fsp3) is 0.917. The first kappa shape index (κ1) is 13.5. The summed E-state index contributed by atoms with van der Waals surface area (Å²) in [6.07, 6.45) is 0. The van der Waals surface area contributed by atoms with Gasteiger partial charge in [-0.05, 0) is 19.8 Å². The van der Waals surface area contributed by atoms with Gasteiger partial charge in [-0.2, -0.15) is 0 Å². The van der Waals surface area contributed by atoms with Gasteiger partial charge in [0.15, 0.2) is 0 Å². The third-order valence-electron chi connectivity index (χ3n) is 3.31. The maximum Gasteiger partial charge on any atom is 0.323 e. The van der Waals surface area contributed by atoms with Gasteiger partial charge in [0.25, 0.3) is 0 Å². The number of rotatable bonds is 4. The second kappa shape index (κ2) is 5.15. The molecule has 4 heteroatoms. The van der Waals surface area contributed by atoms with Crippen molar-refractivity contribution in [1.29, 1.82) is 0 Å². The molecule has 0 aromatic rings. The van der Waals surface area contributed by atoms with E-state index in [9.17, 15) is 4.79 Å². The first-order valence-corrected chi connectivity index (χ1v) is 6.05. The number of carbonyl (C=O) groups is 1. The molecule has 0 aliphatic carbocycles. The minimum atomic E-state index is -0.732. The van der Waals surface area contributed by atoms with E-state index in [0.29, 0.717) is 5.92 Å². The molecular weight excluding hydrogens is 204 g/mol. The number of hydrogen-bond acceptors (Lipinski definition) is 3. The van der Waals surface area contributed by atoms with E-state index < -0.39 is 11.5 Å². The van der Waals surface area contributed by atoms with Gasteiger partial charge in [0.05, 0.1) is 0 Å². The number of aliphatic carboxylic acids is 1. The maximum atomic E-state index is 11.1. The van der Waals surface area contributed by atoms with Gasteiger partial charge in [0, 0.05) is 32.7 Å².